The lowest BCUT2D eigenvalue weighted by Crippen LogP contribution is -2.43. The lowest BCUT2D eigenvalue weighted by Gasteiger charge is -2.31. The van der Waals surface area contributed by atoms with Crippen molar-refractivity contribution in [1.82, 2.24) is 14.3 Å². The Hall–Kier alpha value is -1.05. The lowest BCUT2D eigenvalue weighted by atomic mass is 10.2. The minimum absolute atomic E-state index is 0.105. The maximum atomic E-state index is 11.9. The van der Waals surface area contributed by atoms with E-state index in [2.05, 4.69) is 9.97 Å². The molecule has 1 aliphatic heterocycles. The molecule has 0 amide bonds. The van der Waals surface area contributed by atoms with Crippen LogP contribution in [0.5, 0.6) is 0 Å². The van der Waals surface area contributed by atoms with Crippen molar-refractivity contribution in [1.29, 1.82) is 0 Å². The summed E-state index contributed by atoms with van der Waals surface area (Å²) in [5.74, 6) is 0.668. The van der Waals surface area contributed by atoms with Crippen LogP contribution in [-0.4, -0.2) is 48.1 Å². The molecule has 1 aromatic rings. The van der Waals surface area contributed by atoms with Gasteiger partial charge in [-0.3, -0.25) is 0 Å². The molecule has 0 saturated carbocycles. The predicted molar refractivity (Wildman–Crippen MR) is 71.2 cm³/mol. The molecule has 19 heavy (non-hydrogen) atoms. The van der Waals surface area contributed by atoms with Crippen molar-refractivity contribution in [3.8, 4) is 0 Å². The van der Waals surface area contributed by atoms with E-state index in [1.807, 2.05) is 19.9 Å². The number of hydrogen-bond acceptors (Lipinski definition) is 5. The van der Waals surface area contributed by atoms with Gasteiger partial charge in [0.05, 0.1) is 12.4 Å². The minimum atomic E-state index is -3.18. The molecule has 0 unspecified atom stereocenters. The van der Waals surface area contributed by atoms with Gasteiger partial charge in [0.2, 0.25) is 10.0 Å². The van der Waals surface area contributed by atoms with Crippen molar-refractivity contribution in [2.24, 2.45) is 0 Å². The molecular weight excluding hydrogens is 266 g/mol. The molecule has 0 N–H and O–H groups in total. The second kappa shape index (κ2) is 5.52. The fourth-order valence-electron chi connectivity index (χ4n) is 2.11. The van der Waals surface area contributed by atoms with Gasteiger partial charge in [0.1, 0.15) is 6.10 Å². The van der Waals surface area contributed by atoms with Gasteiger partial charge in [-0.25, -0.2) is 18.4 Å². The van der Waals surface area contributed by atoms with E-state index in [0.717, 1.165) is 11.4 Å². The molecule has 0 radical (unpaired) electrons. The second-order valence-electron chi connectivity index (χ2n) is 4.63. The average molecular weight is 285 g/mol. The molecule has 1 saturated heterocycles. The molecule has 1 atom stereocenters. The fraction of sp³-hybridized carbons (Fsp3) is 0.667. The number of hydrogen-bond donors (Lipinski definition) is 0. The van der Waals surface area contributed by atoms with E-state index in [1.54, 1.807) is 6.92 Å². The summed E-state index contributed by atoms with van der Waals surface area (Å²) in [6.07, 6.45) is -0.381. The van der Waals surface area contributed by atoms with E-state index in [9.17, 15) is 8.42 Å². The van der Waals surface area contributed by atoms with Crippen LogP contribution < -0.4 is 0 Å². The Labute approximate surface area is 113 Å². The summed E-state index contributed by atoms with van der Waals surface area (Å²) in [5.41, 5.74) is 1.73. The highest BCUT2D eigenvalue weighted by Crippen LogP contribution is 2.21. The Kier molecular flexibility index (Phi) is 4.17. The number of sulfonamides is 1. The Morgan fingerprint density at radius 3 is 2.58 bits per heavy atom. The highest BCUT2D eigenvalue weighted by Gasteiger charge is 2.30. The first-order valence-electron chi connectivity index (χ1n) is 6.34. The Bertz CT molecular complexity index is 539. The Morgan fingerprint density at radius 1 is 1.37 bits per heavy atom. The summed E-state index contributed by atoms with van der Waals surface area (Å²) in [6, 6.07) is 1.88. The highest BCUT2D eigenvalue weighted by atomic mass is 32.2. The smallest absolute Gasteiger partial charge is 0.214 e. The Balaban J connectivity index is 2.22. The number of rotatable bonds is 3. The third kappa shape index (κ3) is 3.29. The molecule has 1 aromatic heterocycles. The normalized spacial score (nSPS) is 21.5. The molecular formula is C12H19N3O3S. The van der Waals surface area contributed by atoms with Crippen LogP contribution in [0.15, 0.2) is 6.07 Å². The molecule has 6 nitrogen and oxygen atoms in total. The van der Waals surface area contributed by atoms with Crippen molar-refractivity contribution < 1.29 is 13.2 Å². The molecule has 1 aliphatic rings. The van der Waals surface area contributed by atoms with E-state index in [4.69, 9.17) is 4.74 Å². The highest BCUT2D eigenvalue weighted by molar-refractivity contribution is 7.89. The van der Waals surface area contributed by atoms with Gasteiger partial charge in [-0.15, -0.1) is 0 Å². The quantitative estimate of drug-likeness (QED) is 0.822. The van der Waals surface area contributed by atoms with Crippen LogP contribution in [-0.2, 0) is 14.8 Å². The van der Waals surface area contributed by atoms with Crippen LogP contribution in [0.3, 0.4) is 0 Å². The number of aromatic nitrogens is 2. The van der Waals surface area contributed by atoms with E-state index >= 15 is 0 Å². The predicted octanol–water partition coefficient (Wildman–Crippen LogP) is 0.816. The van der Waals surface area contributed by atoms with Crippen molar-refractivity contribution >= 4 is 10.0 Å². The van der Waals surface area contributed by atoms with Gasteiger partial charge in [0.25, 0.3) is 0 Å². The third-order valence-corrected chi connectivity index (χ3v) is 4.92. The molecule has 2 rings (SSSR count). The first kappa shape index (κ1) is 14.4. The molecule has 106 valence electrons. The van der Waals surface area contributed by atoms with Gasteiger partial charge in [-0.05, 0) is 26.8 Å². The molecule has 0 bridgehead atoms. The summed E-state index contributed by atoms with van der Waals surface area (Å²) >= 11 is 0. The summed E-state index contributed by atoms with van der Waals surface area (Å²) in [7, 11) is -3.18. The SMILES string of the molecule is CCS(=O)(=O)N1CCO[C@@H](c2nc(C)cc(C)n2)C1. The van der Waals surface area contributed by atoms with Gasteiger partial charge in [0.15, 0.2) is 5.82 Å². The van der Waals surface area contributed by atoms with Crippen LogP contribution in [0.1, 0.15) is 30.2 Å². The standard InChI is InChI=1S/C12H19N3O3S/c1-4-19(16,17)15-5-6-18-11(8-15)12-13-9(2)7-10(3)14-12/h7,11H,4-6,8H2,1-3H3/t11-/m1/s1. The lowest BCUT2D eigenvalue weighted by molar-refractivity contribution is -0.00764. The van der Waals surface area contributed by atoms with Gasteiger partial charge in [-0.1, -0.05) is 0 Å². The molecule has 0 aromatic carbocycles. The summed E-state index contributed by atoms with van der Waals surface area (Å²) in [5, 5.41) is 0. The zero-order valence-corrected chi connectivity index (χ0v) is 12.3. The number of nitrogens with zero attached hydrogens (tertiary/aromatic N) is 3. The van der Waals surface area contributed by atoms with E-state index in [1.165, 1.54) is 4.31 Å². The van der Waals surface area contributed by atoms with E-state index < -0.39 is 10.0 Å². The van der Waals surface area contributed by atoms with Gasteiger partial charge in [0, 0.05) is 24.5 Å². The van der Waals surface area contributed by atoms with Gasteiger partial charge < -0.3 is 4.74 Å². The maximum absolute atomic E-state index is 11.9. The monoisotopic (exact) mass is 285 g/mol. The van der Waals surface area contributed by atoms with E-state index in [0.29, 0.717) is 25.5 Å². The van der Waals surface area contributed by atoms with Crippen LogP contribution >= 0.6 is 0 Å². The van der Waals surface area contributed by atoms with Gasteiger partial charge in [-0.2, -0.15) is 4.31 Å². The minimum Gasteiger partial charge on any atom is -0.367 e. The Morgan fingerprint density at radius 2 is 2.00 bits per heavy atom. The van der Waals surface area contributed by atoms with Crippen molar-refractivity contribution in [3.63, 3.8) is 0 Å². The zero-order valence-electron chi connectivity index (χ0n) is 11.5. The number of morpholine rings is 1. The number of ether oxygens (including phenoxy) is 1. The topological polar surface area (TPSA) is 72.4 Å². The first-order chi connectivity index (χ1) is 8.92. The molecule has 0 aliphatic carbocycles. The molecule has 0 spiro atoms. The van der Waals surface area contributed by atoms with Crippen molar-refractivity contribution in [3.05, 3.63) is 23.3 Å². The zero-order chi connectivity index (χ0) is 14.0. The maximum Gasteiger partial charge on any atom is 0.214 e. The first-order valence-corrected chi connectivity index (χ1v) is 7.95. The van der Waals surface area contributed by atoms with E-state index in [-0.39, 0.29) is 11.9 Å². The largest absolute Gasteiger partial charge is 0.367 e. The molecule has 7 heteroatoms. The average Bonchev–Trinajstić information content (AvgIpc) is 2.38. The molecule has 2 heterocycles. The van der Waals surface area contributed by atoms with Gasteiger partial charge >= 0.3 is 0 Å². The van der Waals surface area contributed by atoms with Crippen LogP contribution in [0.4, 0.5) is 0 Å². The van der Waals surface area contributed by atoms with Crippen LogP contribution in [0, 0.1) is 13.8 Å². The number of aryl methyl sites for hydroxylation is 2. The summed E-state index contributed by atoms with van der Waals surface area (Å²) in [4.78, 5) is 8.68. The summed E-state index contributed by atoms with van der Waals surface area (Å²) in [6.45, 7) is 6.49. The fourth-order valence-corrected chi connectivity index (χ4v) is 3.19. The van der Waals surface area contributed by atoms with Crippen molar-refractivity contribution in [2.45, 2.75) is 26.9 Å². The van der Waals surface area contributed by atoms with Crippen molar-refractivity contribution in [2.75, 3.05) is 25.4 Å². The van der Waals surface area contributed by atoms with Crippen LogP contribution in [0.2, 0.25) is 0 Å². The third-order valence-electron chi connectivity index (χ3n) is 3.07. The summed E-state index contributed by atoms with van der Waals surface area (Å²) < 4.78 is 30.9. The second-order valence-corrected chi connectivity index (χ2v) is 6.88. The van der Waals surface area contributed by atoms with Crippen LogP contribution in [0.25, 0.3) is 0 Å². The molecule has 1 fully saturated rings.